The lowest BCUT2D eigenvalue weighted by Crippen LogP contribution is -1.90. The number of rotatable bonds is 3. The van der Waals surface area contributed by atoms with Crippen LogP contribution >= 0.6 is 45.5 Å². The van der Waals surface area contributed by atoms with Gasteiger partial charge in [0.2, 0.25) is 0 Å². The monoisotopic (exact) mass is 428 g/mol. The Labute approximate surface area is 148 Å². The fraction of sp³-hybridized carbons (Fsp3) is 0.333. The van der Waals surface area contributed by atoms with Crippen molar-refractivity contribution >= 4 is 65.7 Å². The fourth-order valence-electron chi connectivity index (χ4n) is 2.92. The first-order valence-electron chi connectivity index (χ1n) is 7.45. The number of halogens is 2. The van der Waals surface area contributed by atoms with Gasteiger partial charge in [0.25, 0.3) is 0 Å². The van der Waals surface area contributed by atoms with Gasteiger partial charge in [-0.25, -0.2) is 0 Å². The lowest BCUT2D eigenvalue weighted by molar-refractivity contribution is 1.11. The van der Waals surface area contributed by atoms with E-state index in [-0.39, 0.29) is 0 Å². The first kappa shape index (κ1) is 15.6. The van der Waals surface area contributed by atoms with Crippen LogP contribution in [-0.2, 0) is 19.3 Å². The fourth-order valence-corrected chi connectivity index (χ4v) is 5.78. The van der Waals surface area contributed by atoms with Gasteiger partial charge in [-0.1, -0.05) is 32.4 Å². The van der Waals surface area contributed by atoms with Crippen molar-refractivity contribution in [2.45, 2.75) is 40.0 Å². The van der Waals surface area contributed by atoms with Gasteiger partial charge < -0.3 is 0 Å². The molecule has 0 N–H and O–H groups in total. The van der Waals surface area contributed by atoms with Crippen LogP contribution in [0.4, 0.5) is 0 Å². The Kier molecular flexibility index (Phi) is 4.49. The number of thiophene rings is 1. The topological polar surface area (TPSA) is 0 Å². The summed E-state index contributed by atoms with van der Waals surface area (Å²) in [4.78, 5) is 0. The lowest BCUT2D eigenvalue weighted by Gasteiger charge is -2.09. The SMILES string of the molecule is CCc1cc2c(cc1I)sc1c(CC)c(Cl)c(CC)cc12. The third kappa shape index (κ3) is 2.49. The molecule has 0 saturated carbocycles. The molecule has 21 heavy (non-hydrogen) atoms. The molecule has 0 nitrogen and oxygen atoms in total. The second-order valence-corrected chi connectivity index (χ2v) is 7.90. The third-order valence-corrected chi connectivity index (χ3v) is 6.85. The molecule has 110 valence electrons. The van der Waals surface area contributed by atoms with Crippen LogP contribution in [0.2, 0.25) is 5.02 Å². The molecule has 0 aliphatic carbocycles. The van der Waals surface area contributed by atoms with Gasteiger partial charge in [-0.15, -0.1) is 11.3 Å². The Morgan fingerprint density at radius 3 is 2.24 bits per heavy atom. The maximum Gasteiger partial charge on any atom is 0.0484 e. The summed E-state index contributed by atoms with van der Waals surface area (Å²) in [6.07, 6.45) is 3.07. The van der Waals surface area contributed by atoms with E-state index in [4.69, 9.17) is 11.6 Å². The number of aryl methyl sites for hydroxylation is 3. The molecule has 3 rings (SSSR count). The highest BCUT2D eigenvalue weighted by Gasteiger charge is 2.15. The molecule has 1 heterocycles. The highest BCUT2D eigenvalue weighted by Crippen LogP contribution is 2.41. The summed E-state index contributed by atoms with van der Waals surface area (Å²) in [7, 11) is 0. The van der Waals surface area contributed by atoms with Crippen LogP contribution in [0.3, 0.4) is 0 Å². The summed E-state index contributed by atoms with van der Waals surface area (Å²) in [5, 5.41) is 3.76. The van der Waals surface area contributed by atoms with Gasteiger partial charge in [-0.05, 0) is 76.7 Å². The molecule has 0 aliphatic rings. The predicted molar refractivity (Wildman–Crippen MR) is 105 cm³/mol. The minimum atomic E-state index is 0.976. The van der Waals surface area contributed by atoms with Crippen molar-refractivity contribution in [2.24, 2.45) is 0 Å². The summed E-state index contributed by atoms with van der Waals surface area (Å²) >= 11 is 11.0. The lowest BCUT2D eigenvalue weighted by atomic mass is 10.0. The maximum atomic E-state index is 6.61. The van der Waals surface area contributed by atoms with E-state index in [1.807, 2.05) is 11.3 Å². The van der Waals surface area contributed by atoms with E-state index in [9.17, 15) is 0 Å². The van der Waals surface area contributed by atoms with Crippen LogP contribution in [0.5, 0.6) is 0 Å². The van der Waals surface area contributed by atoms with Crippen molar-refractivity contribution in [3.63, 3.8) is 0 Å². The second kappa shape index (κ2) is 6.05. The van der Waals surface area contributed by atoms with Gasteiger partial charge in [0.1, 0.15) is 0 Å². The van der Waals surface area contributed by atoms with Crippen molar-refractivity contribution in [1.29, 1.82) is 0 Å². The molecule has 0 radical (unpaired) electrons. The molecule has 0 atom stereocenters. The van der Waals surface area contributed by atoms with E-state index in [0.29, 0.717) is 0 Å². The van der Waals surface area contributed by atoms with Crippen LogP contribution < -0.4 is 0 Å². The molecule has 0 saturated heterocycles. The van der Waals surface area contributed by atoms with E-state index < -0.39 is 0 Å². The van der Waals surface area contributed by atoms with Gasteiger partial charge in [0.15, 0.2) is 0 Å². The average molecular weight is 429 g/mol. The zero-order valence-corrected chi connectivity index (χ0v) is 16.2. The van der Waals surface area contributed by atoms with Crippen molar-refractivity contribution in [1.82, 2.24) is 0 Å². The number of hydrogen-bond acceptors (Lipinski definition) is 1. The number of fused-ring (bicyclic) bond motifs is 3. The summed E-state index contributed by atoms with van der Waals surface area (Å²) in [6, 6.07) is 7.02. The quantitative estimate of drug-likeness (QED) is 0.394. The maximum absolute atomic E-state index is 6.61. The van der Waals surface area contributed by atoms with Crippen molar-refractivity contribution in [2.75, 3.05) is 0 Å². The largest absolute Gasteiger partial charge is 0.135 e. The minimum Gasteiger partial charge on any atom is -0.135 e. The van der Waals surface area contributed by atoms with Crippen LogP contribution in [0, 0.1) is 3.57 Å². The molecule has 0 aliphatic heterocycles. The number of benzene rings is 2. The first-order valence-corrected chi connectivity index (χ1v) is 9.72. The molecular weight excluding hydrogens is 411 g/mol. The van der Waals surface area contributed by atoms with E-state index >= 15 is 0 Å². The molecule has 0 fully saturated rings. The van der Waals surface area contributed by atoms with Crippen LogP contribution in [0.15, 0.2) is 18.2 Å². The molecule has 0 bridgehead atoms. The van der Waals surface area contributed by atoms with Crippen molar-refractivity contribution in [3.8, 4) is 0 Å². The Morgan fingerprint density at radius 1 is 0.952 bits per heavy atom. The van der Waals surface area contributed by atoms with Crippen LogP contribution in [0.1, 0.15) is 37.5 Å². The Hall–Kier alpha value is -0.320. The standard InChI is InChI=1S/C18H18ClIS/c1-4-10-7-13-14-8-11(5-2)17(19)12(6-3)18(14)21-16(13)9-15(10)20/h7-9H,4-6H2,1-3H3. The molecule has 3 aromatic rings. The zero-order chi connectivity index (χ0) is 15.1. The molecule has 0 unspecified atom stereocenters. The normalized spacial score (nSPS) is 11.7. The molecule has 1 aromatic heterocycles. The third-order valence-electron chi connectivity index (χ3n) is 4.15. The van der Waals surface area contributed by atoms with E-state index in [0.717, 1.165) is 24.3 Å². The van der Waals surface area contributed by atoms with Crippen molar-refractivity contribution < 1.29 is 0 Å². The highest BCUT2D eigenvalue weighted by molar-refractivity contribution is 14.1. The molecule has 2 aromatic carbocycles. The molecule has 0 amide bonds. The van der Waals surface area contributed by atoms with Gasteiger partial charge in [-0.3, -0.25) is 0 Å². The Bertz CT molecular complexity index is 832. The van der Waals surface area contributed by atoms with Crippen LogP contribution in [0.25, 0.3) is 20.2 Å². The smallest absolute Gasteiger partial charge is 0.0484 e. The summed E-state index contributed by atoms with van der Waals surface area (Å²) in [5.41, 5.74) is 4.03. The Balaban J connectivity index is 2.47. The first-order chi connectivity index (χ1) is 10.1. The summed E-state index contributed by atoms with van der Waals surface area (Å²) in [6.45, 7) is 6.61. The number of hydrogen-bond donors (Lipinski definition) is 0. The zero-order valence-electron chi connectivity index (χ0n) is 12.5. The van der Waals surface area contributed by atoms with E-state index in [1.54, 1.807) is 0 Å². The van der Waals surface area contributed by atoms with Crippen LogP contribution in [-0.4, -0.2) is 0 Å². The molecular formula is C18H18ClIS. The second-order valence-electron chi connectivity index (χ2n) is 5.31. The van der Waals surface area contributed by atoms with Crippen molar-refractivity contribution in [3.05, 3.63) is 43.5 Å². The van der Waals surface area contributed by atoms with Gasteiger partial charge in [0.05, 0.1) is 0 Å². The minimum absolute atomic E-state index is 0.976. The predicted octanol–water partition coefficient (Wildman–Crippen LogP) is 7.00. The highest BCUT2D eigenvalue weighted by atomic mass is 127. The van der Waals surface area contributed by atoms with E-state index in [1.165, 1.54) is 40.4 Å². The summed E-state index contributed by atoms with van der Waals surface area (Å²) in [5.74, 6) is 0. The van der Waals surface area contributed by atoms with Gasteiger partial charge in [0, 0.05) is 28.8 Å². The molecule has 0 spiro atoms. The van der Waals surface area contributed by atoms with Gasteiger partial charge >= 0.3 is 0 Å². The molecule has 3 heteroatoms. The Morgan fingerprint density at radius 2 is 1.62 bits per heavy atom. The van der Waals surface area contributed by atoms with E-state index in [2.05, 4.69) is 61.6 Å². The summed E-state index contributed by atoms with van der Waals surface area (Å²) < 4.78 is 4.12. The average Bonchev–Trinajstić information content (AvgIpc) is 2.82. The van der Waals surface area contributed by atoms with Gasteiger partial charge in [-0.2, -0.15) is 0 Å².